The van der Waals surface area contributed by atoms with E-state index in [0.29, 0.717) is 12.5 Å². The van der Waals surface area contributed by atoms with E-state index in [1.54, 1.807) is 7.05 Å². The maximum absolute atomic E-state index is 12.1. The molecule has 1 aromatic carbocycles. The first-order valence-corrected chi connectivity index (χ1v) is 7.31. The molecule has 1 aromatic rings. The molecule has 0 bridgehead atoms. The average Bonchev–Trinajstić information content (AvgIpc) is 2.38. The van der Waals surface area contributed by atoms with E-state index in [4.69, 9.17) is 0 Å². The van der Waals surface area contributed by atoms with Crippen LogP contribution in [-0.4, -0.2) is 32.3 Å². The molecule has 0 saturated heterocycles. The van der Waals surface area contributed by atoms with Gasteiger partial charge in [-0.25, -0.2) is 0 Å². The molecule has 0 amide bonds. The first-order valence-electron chi connectivity index (χ1n) is 7.31. The molecule has 0 atom stereocenters. The molecule has 0 spiro atoms. The van der Waals surface area contributed by atoms with Gasteiger partial charge >= 0.3 is 6.18 Å². The Morgan fingerprint density at radius 1 is 1.04 bits per heavy atom. The SMILES string of the molecule is CN=C(NCCc1c(C)cc(C)cc1C)NCCC(F)(F)F.I. The average molecular weight is 443 g/mol. The van der Waals surface area contributed by atoms with E-state index in [1.165, 1.54) is 22.3 Å². The second kappa shape index (κ2) is 10.00. The van der Waals surface area contributed by atoms with Crippen molar-refractivity contribution in [1.29, 1.82) is 0 Å². The number of benzene rings is 1. The van der Waals surface area contributed by atoms with Crippen LogP contribution >= 0.6 is 24.0 Å². The summed E-state index contributed by atoms with van der Waals surface area (Å²) in [6.45, 7) is 6.66. The van der Waals surface area contributed by atoms with E-state index in [1.807, 2.05) is 0 Å². The van der Waals surface area contributed by atoms with E-state index < -0.39 is 12.6 Å². The van der Waals surface area contributed by atoms with Gasteiger partial charge in [0.2, 0.25) is 0 Å². The lowest BCUT2D eigenvalue weighted by molar-refractivity contribution is -0.132. The molecule has 0 aliphatic carbocycles. The van der Waals surface area contributed by atoms with Crippen molar-refractivity contribution >= 4 is 29.9 Å². The molecule has 0 radical (unpaired) electrons. The minimum absolute atomic E-state index is 0. The minimum Gasteiger partial charge on any atom is -0.356 e. The number of guanidine groups is 1. The van der Waals surface area contributed by atoms with Gasteiger partial charge in [0.15, 0.2) is 5.96 Å². The highest BCUT2D eigenvalue weighted by molar-refractivity contribution is 14.0. The Morgan fingerprint density at radius 2 is 1.57 bits per heavy atom. The Bertz CT molecular complexity index is 505. The summed E-state index contributed by atoms with van der Waals surface area (Å²) in [5.74, 6) is 0.395. The maximum atomic E-state index is 12.1. The number of aliphatic imine (C=N–C) groups is 1. The molecule has 7 heteroatoms. The van der Waals surface area contributed by atoms with Gasteiger partial charge in [0.05, 0.1) is 6.42 Å². The standard InChI is InChI=1S/C16H24F3N3.HI/c1-11-9-12(2)14(13(3)10-11)5-7-21-15(20-4)22-8-6-16(17,18)19;/h9-10H,5-8H2,1-4H3,(H2,20,21,22);1H. The summed E-state index contributed by atoms with van der Waals surface area (Å²) in [7, 11) is 1.55. The molecule has 0 aromatic heterocycles. The topological polar surface area (TPSA) is 36.4 Å². The van der Waals surface area contributed by atoms with Gasteiger partial charge in [-0.3, -0.25) is 4.99 Å². The van der Waals surface area contributed by atoms with Gasteiger partial charge in [0, 0.05) is 20.1 Å². The molecular formula is C16H25F3IN3. The second-order valence-electron chi connectivity index (χ2n) is 5.42. The van der Waals surface area contributed by atoms with Gasteiger partial charge in [0.1, 0.15) is 0 Å². The highest BCUT2D eigenvalue weighted by Gasteiger charge is 2.26. The zero-order valence-corrected chi connectivity index (χ0v) is 16.3. The molecule has 0 saturated carbocycles. The Morgan fingerprint density at radius 3 is 2.04 bits per heavy atom. The lowest BCUT2D eigenvalue weighted by atomic mass is 9.97. The summed E-state index contributed by atoms with van der Waals surface area (Å²) in [5, 5.41) is 5.71. The highest BCUT2D eigenvalue weighted by atomic mass is 127. The number of nitrogens with zero attached hydrogens (tertiary/aromatic N) is 1. The van der Waals surface area contributed by atoms with Crippen LogP contribution in [0.1, 0.15) is 28.7 Å². The van der Waals surface area contributed by atoms with Crippen molar-refractivity contribution in [1.82, 2.24) is 10.6 Å². The number of halogens is 4. The Hall–Kier alpha value is -0.990. The van der Waals surface area contributed by atoms with Crippen molar-refractivity contribution in [3.63, 3.8) is 0 Å². The fourth-order valence-corrected chi connectivity index (χ4v) is 2.45. The maximum Gasteiger partial charge on any atom is 0.390 e. The van der Waals surface area contributed by atoms with Gasteiger partial charge in [-0.2, -0.15) is 13.2 Å². The van der Waals surface area contributed by atoms with Crippen LogP contribution in [-0.2, 0) is 6.42 Å². The summed E-state index contributed by atoms with van der Waals surface area (Å²) >= 11 is 0. The molecule has 2 N–H and O–H groups in total. The van der Waals surface area contributed by atoms with E-state index >= 15 is 0 Å². The van der Waals surface area contributed by atoms with Crippen LogP contribution in [0.15, 0.2) is 17.1 Å². The predicted octanol–water partition coefficient (Wildman–Crippen LogP) is 3.89. The monoisotopic (exact) mass is 443 g/mol. The van der Waals surface area contributed by atoms with Crippen molar-refractivity contribution in [2.75, 3.05) is 20.1 Å². The Balaban J connectivity index is 0.00000484. The summed E-state index contributed by atoms with van der Waals surface area (Å²) in [6.07, 6.45) is -4.22. The van der Waals surface area contributed by atoms with Crippen molar-refractivity contribution in [3.05, 3.63) is 34.4 Å². The summed E-state index contributed by atoms with van der Waals surface area (Å²) in [5.41, 5.74) is 4.97. The zero-order chi connectivity index (χ0) is 16.8. The third kappa shape index (κ3) is 8.43. The van der Waals surface area contributed by atoms with E-state index in [2.05, 4.69) is 48.5 Å². The minimum atomic E-state index is -4.15. The molecular weight excluding hydrogens is 418 g/mol. The highest BCUT2D eigenvalue weighted by Crippen LogP contribution is 2.18. The second-order valence-corrected chi connectivity index (χ2v) is 5.42. The Kier molecular flexibility index (Phi) is 9.57. The van der Waals surface area contributed by atoms with Crippen molar-refractivity contribution in [2.45, 2.75) is 39.8 Å². The molecule has 0 heterocycles. The molecule has 1 rings (SSSR count). The van der Waals surface area contributed by atoms with Crippen LogP contribution in [0.2, 0.25) is 0 Å². The number of hydrogen-bond acceptors (Lipinski definition) is 1. The van der Waals surface area contributed by atoms with Crippen LogP contribution in [0.5, 0.6) is 0 Å². The van der Waals surface area contributed by atoms with E-state index in [0.717, 1.165) is 6.42 Å². The van der Waals surface area contributed by atoms with Gasteiger partial charge < -0.3 is 10.6 Å². The fraction of sp³-hybridized carbons (Fsp3) is 0.562. The number of alkyl halides is 3. The molecule has 0 fully saturated rings. The van der Waals surface area contributed by atoms with Crippen LogP contribution in [0.4, 0.5) is 13.2 Å². The lowest BCUT2D eigenvalue weighted by Gasteiger charge is -2.15. The molecule has 132 valence electrons. The number of aryl methyl sites for hydroxylation is 3. The molecule has 0 unspecified atom stereocenters. The molecule has 0 aliphatic heterocycles. The molecule has 3 nitrogen and oxygen atoms in total. The van der Waals surface area contributed by atoms with Crippen LogP contribution in [0.25, 0.3) is 0 Å². The van der Waals surface area contributed by atoms with Gasteiger partial charge in [-0.1, -0.05) is 17.7 Å². The van der Waals surface area contributed by atoms with Crippen LogP contribution in [0.3, 0.4) is 0 Å². The quantitative estimate of drug-likeness (QED) is 0.412. The number of rotatable bonds is 5. The van der Waals surface area contributed by atoms with E-state index in [-0.39, 0.29) is 30.5 Å². The van der Waals surface area contributed by atoms with Crippen LogP contribution < -0.4 is 10.6 Å². The van der Waals surface area contributed by atoms with Crippen molar-refractivity contribution in [3.8, 4) is 0 Å². The van der Waals surface area contributed by atoms with Crippen LogP contribution in [0, 0.1) is 20.8 Å². The molecule has 0 aliphatic rings. The summed E-state index contributed by atoms with van der Waals surface area (Å²) in [6, 6.07) is 4.28. The zero-order valence-electron chi connectivity index (χ0n) is 14.0. The van der Waals surface area contributed by atoms with Gasteiger partial charge in [-0.05, 0) is 43.9 Å². The van der Waals surface area contributed by atoms with E-state index in [9.17, 15) is 13.2 Å². The Labute approximate surface area is 153 Å². The number of hydrogen-bond donors (Lipinski definition) is 2. The summed E-state index contributed by atoms with van der Waals surface area (Å²) < 4.78 is 36.3. The smallest absolute Gasteiger partial charge is 0.356 e. The van der Waals surface area contributed by atoms with Gasteiger partial charge in [0.25, 0.3) is 0 Å². The fourth-order valence-electron chi connectivity index (χ4n) is 2.45. The van der Waals surface area contributed by atoms with Gasteiger partial charge in [-0.15, -0.1) is 24.0 Å². The normalized spacial score (nSPS) is 11.9. The number of nitrogens with one attached hydrogen (secondary N) is 2. The van der Waals surface area contributed by atoms with Crippen molar-refractivity contribution in [2.24, 2.45) is 4.99 Å². The largest absolute Gasteiger partial charge is 0.390 e. The third-order valence-electron chi connectivity index (χ3n) is 3.43. The first-order chi connectivity index (χ1) is 10.2. The first kappa shape index (κ1) is 22.0. The molecule has 23 heavy (non-hydrogen) atoms. The summed E-state index contributed by atoms with van der Waals surface area (Å²) in [4.78, 5) is 3.92. The predicted molar refractivity (Wildman–Crippen MR) is 99.8 cm³/mol. The lowest BCUT2D eigenvalue weighted by Crippen LogP contribution is -2.39. The van der Waals surface area contributed by atoms with Crippen molar-refractivity contribution < 1.29 is 13.2 Å². The third-order valence-corrected chi connectivity index (χ3v) is 3.43.